The summed E-state index contributed by atoms with van der Waals surface area (Å²) in [6, 6.07) is 8.27. The van der Waals surface area contributed by atoms with Crippen molar-refractivity contribution in [3.05, 3.63) is 62.4 Å². The monoisotopic (exact) mass is 465 g/mol. The molecule has 1 aromatic carbocycles. The van der Waals surface area contributed by atoms with Gasteiger partial charge in [0.25, 0.3) is 5.91 Å². The van der Waals surface area contributed by atoms with Crippen LogP contribution in [-0.4, -0.2) is 25.5 Å². The zero-order chi connectivity index (χ0) is 18.0. The lowest BCUT2D eigenvalue weighted by Crippen LogP contribution is -2.15. The number of carbonyl (C=O) groups is 1. The fraction of sp³-hybridized carbons (Fsp3) is 0.235. The minimum absolute atomic E-state index is 0.305. The number of halogens is 2. The number of amides is 1. The Morgan fingerprint density at radius 3 is 2.40 bits per heavy atom. The van der Waals surface area contributed by atoms with Gasteiger partial charge in [0.1, 0.15) is 0 Å². The molecule has 25 heavy (non-hydrogen) atoms. The van der Waals surface area contributed by atoms with Gasteiger partial charge < -0.3 is 5.32 Å². The van der Waals surface area contributed by atoms with E-state index in [1.54, 1.807) is 15.6 Å². The molecular formula is C17H17Br2N5O. The Morgan fingerprint density at radius 2 is 1.76 bits per heavy atom. The van der Waals surface area contributed by atoms with Crippen molar-refractivity contribution in [3.63, 3.8) is 0 Å². The van der Waals surface area contributed by atoms with E-state index >= 15 is 0 Å². The van der Waals surface area contributed by atoms with Crippen LogP contribution in [0.25, 0.3) is 0 Å². The number of hydrogen-bond acceptors (Lipinski definition) is 3. The summed E-state index contributed by atoms with van der Waals surface area (Å²) in [7, 11) is 0. The predicted octanol–water partition coefficient (Wildman–Crippen LogP) is 4.23. The maximum absolute atomic E-state index is 12.4. The Balaban J connectivity index is 1.74. The van der Waals surface area contributed by atoms with Gasteiger partial charge >= 0.3 is 0 Å². The van der Waals surface area contributed by atoms with Gasteiger partial charge in [-0.15, -0.1) is 0 Å². The van der Waals surface area contributed by atoms with Crippen LogP contribution in [0.1, 0.15) is 28.5 Å². The van der Waals surface area contributed by atoms with Gasteiger partial charge in [-0.25, -0.2) is 0 Å². The standard InChI is InChI=1S/C17H17Br2N5O/c1-3-23-9-13(18)15(21-23)17(25)20-16-14(19)10-24(22-16)8-12-6-4-11(2)5-7-12/h4-7,9-10H,3,8H2,1-2H3,(H,20,22,25). The lowest BCUT2D eigenvalue weighted by atomic mass is 10.1. The van der Waals surface area contributed by atoms with Gasteiger partial charge in [-0.1, -0.05) is 29.8 Å². The Hall–Kier alpha value is -1.93. The third-order valence-electron chi connectivity index (χ3n) is 3.67. The highest BCUT2D eigenvalue weighted by atomic mass is 79.9. The van der Waals surface area contributed by atoms with E-state index in [4.69, 9.17) is 0 Å². The molecule has 0 saturated heterocycles. The van der Waals surface area contributed by atoms with E-state index in [0.29, 0.717) is 29.1 Å². The molecule has 0 unspecified atom stereocenters. The van der Waals surface area contributed by atoms with Crippen molar-refractivity contribution >= 4 is 43.6 Å². The van der Waals surface area contributed by atoms with Gasteiger partial charge in [-0.3, -0.25) is 14.2 Å². The van der Waals surface area contributed by atoms with Crippen molar-refractivity contribution < 1.29 is 4.79 Å². The summed E-state index contributed by atoms with van der Waals surface area (Å²) in [6.07, 6.45) is 3.62. The molecule has 3 aromatic rings. The van der Waals surface area contributed by atoms with Gasteiger partial charge in [-0.05, 0) is 51.3 Å². The molecule has 0 saturated carbocycles. The maximum Gasteiger partial charge on any atom is 0.278 e. The van der Waals surface area contributed by atoms with E-state index in [1.165, 1.54) is 5.56 Å². The topological polar surface area (TPSA) is 64.7 Å². The average Bonchev–Trinajstić information content (AvgIpc) is 3.12. The first-order chi connectivity index (χ1) is 12.0. The predicted molar refractivity (Wildman–Crippen MR) is 104 cm³/mol. The lowest BCUT2D eigenvalue weighted by molar-refractivity contribution is 0.102. The number of anilines is 1. The van der Waals surface area contributed by atoms with Crippen LogP contribution in [-0.2, 0) is 13.1 Å². The summed E-state index contributed by atoms with van der Waals surface area (Å²) in [4.78, 5) is 12.4. The fourth-order valence-corrected chi connectivity index (χ4v) is 3.23. The minimum atomic E-state index is -0.305. The summed E-state index contributed by atoms with van der Waals surface area (Å²) in [5.74, 6) is 0.162. The minimum Gasteiger partial charge on any atom is -0.303 e. The number of aromatic nitrogens is 4. The van der Waals surface area contributed by atoms with Crippen molar-refractivity contribution in [2.75, 3.05) is 5.32 Å². The highest BCUT2D eigenvalue weighted by molar-refractivity contribution is 9.11. The first kappa shape index (κ1) is 17.9. The first-order valence-corrected chi connectivity index (χ1v) is 9.37. The summed E-state index contributed by atoms with van der Waals surface area (Å²) >= 11 is 6.81. The SMILES string of the molecule is CCn1cc(Br)c(C(=O)Nc2nn(Cc3ccc(C)cc3)cc2Br)n1. The lowest BCUT2D eigenvalue weighted by Gasteiger charge is -2.03. The zero-order valence-corrected chi connectivity index (χ0v) is 17.0. The molecule has 8 heteroatoms. The van der Waals surface area contributed by atoms with Gasteiger partial charge in [-0.2, -0.15) is 10.2 Å². The van der Waals surface area contributed by atoms with Gasteiger partial charge in [0.2, 0.25) is 0 Å². The number of nitrogens with one attached hydrogen (secondary N) is 1. The molecule has 0 aliphatic rings. The molecule has 0 atom stereocenters. The van der Waals surface area contributed by atoms with Crippen molar-refractivity contribution in [3.8, 4) is 0 Å². The van der Waals surface area contributed by atoms with Crippen LogP contribution < -0.4 is 5.32 Å². The molecule has 2 aromatic heterocycles. The van der Waals surface area contributed by atoms with Crippen LogP contribution in [0.15, 0.2) is 45.6 Å². The van der Waals surface area contributed by atoms with Gasteiger partial charge in [0.05, 0.1) is 15.5 Å². The van der Waals surface area contributed by atoms with Crippen LogP contribution in [0.5, 0.6) is 0 Å². The van der Waals surface area contributed by atoms with Crippen molar-refractivity contribution in [2.45, 2.75) is 26.9 Å². The quantitative estimate of drug-likeness (QED) is 0.611. The molecule has 0 fully saturated rings. The molecule has 130 valence electrons. The molecule has 1 N–H and O–H groups in total. The third kappa shape index (κ3) is 4.19. The van der Waals surface area contributed by atoms with Crippen LogP contribution in [0.2, 0.25) is 0 Å². The second-order valence-corrected chi connectivity index (χ2v) is 7.35. The normalized spacial score (nSPS) is 10.9. The molecule has 6 nitrogen and oxygen atoms in total. The number of hydrogen-bond donors (Lipinski definition) is 1. The van der Waals surface area contributed by atoms with Crippen molar-refractivity contribution in [1.82, 2.24) is 19.6 Å². The fourth-order valence-electron chi connectivity index (χ4n) is 2.32. The highest BCUT2D eigenvalue weighted by Crippen LogP contribution is 2.23. The molecular weight excluding hydrogens is 450 g/mol. The van der Waals surface area contributed by atoms with Crippen molar-refractivity contribution in [2.24, 2.45) is 0 Å². The molecule has 2 heterocycles. The largest absolute Gasteiger partial charge is 0.303 e. The second kappa shape index (κ2) is 7.53. The second-order valence-electron chi connectivity index (χ2n) is 5.64. The number of carbonyl (C=O) groups excluding carboxylic acids is 1. The van der Waals surface area contributed by atoms with E-state index in [2.05, 4.69) is 78.6 Å². The third-order valence-corrected chi connectivity index (χ3v) is 4.83. The molecule has 1 amide bonds. The number of nitrogens with zero attached hydrogens (tertiary/aromatic N) is 4. The van der Waals surface area contributed by atoms with Crippen LogP contribution in [0, 0.1) is 6.92 Å². The maximum atomic E-state index is 12.4. The van der Waals surface area contributed by atoms with E-state index in [0.717, 1.165) is 10.0 Å². The Bertz CT molecular complexity index is 898. The molecule has 0 bridgehead atoms. The van der Waals surface area contributed by atoms with Crippen molar-refractivity contribution in [1.29, 1.82) is 0 Å². The molecule has 0 spiro atoms. The van der Waals surface area contributed by atoms with E-state index in [9.17, 15) is 4.79 Å². The van der Waals surface area contributed by atoms with E-state index in [1.807, 2.05) is 13.1 Å². The Labute approximate surface area is 162 Å². The number of benzene rings is 1. The van der Waals surface area contributed by atoms with E-state index in [-0.39, 0.29) is 5.91 Å². The number of rotatable bonds is 5. The van der Waals surface area contributed by atoms with Gasteiger partial charge in [0, 0.05) is 18.9 Å². The number of aryl methyl sites for hydroxylation is 2. The van der Waals surface area contributed by atoms with Crippen LogP contribution in [0.3, 0.4) is 0 Å². The molecule has 3 rings (SSSR count). The Morgan fingerprint density at radius 1 is 1.08 bits per heavy atom. The smallest absolute Gasteiger partial charge is 0.278 e. The summed E-state index contributed by atoms with van der Waals surface area (Å²) in [6.45, 7) is 5.34. The molecule has 0 aliphatic heterocycles. The summed E-state index contributed by atoms with van der Waals surface area (Å²) < 4.78 is 4.86. The van der Waals surface area contributed by atoms with Gasteiger partial charge in [0.15, 0.2) is 11.5 Å². The van der Waals surface area contributed by atoms with E-state index < -0.39 is 0 Å². The zero-order valence-electron chi connectivity index (χ0n) is 13.8. The van der Waals surface area contributed by atoms with Crippen LogP contribution in [0.4, 0.5) is 5.82 Å². The highest BCUT2D eigenvalue weighted by Gasteiger charge is 2.18. The molecule has 0 aliphatic carbocycles. The molecule has 0 radical (unpaired) electrons. The average molecular weight is 467 g/mol. The Kier molecular flexibility index (Phi) is 5.39. The first-order valence-electron chi connectivity index (χ1n) is 7.79. The summed E-state index contributed by atoms with van der Waals surface area (Å²) in [5, 5.41) is 11.5. The van der Waals surface area contributed by atoms with Crippen LogP contribution >= 0.6 is 31.9 Å². The summed E-state index contributed by atoms with van der Waals surface area (Å²) in [5.41, 5.74) is 2.69.